The maximum atomic E-state index is 9.84. The van der Waals surface area contributed by atoms with Crippen LogP contribution >= 0.6 is 0 Å². The van der Waals surface area contributed by atoms with Crippen molar-refractivity contribution in [3.63, 3.8) is 0 Å². The first kappa shape index (κ1) is 18.7. The van der Waals surface area contributed by atoms with Gasteiger partial charge in [0.05, 0.1) is 0 Å². The molecule has 0 atom stereocenters. The monoisotopic (exact) mass is 376 g/mol. The highest BCUT2D eigenvalue weighted by Crippen LogP contribution is 2.26. The minimum absolute atomic E-state index is 0.293. The quantitative estimate of drug-likeness (QED) is 0.728. The Bertz CT molecular complexity index is 992. The number of aromatic nitrogens is 3. The lowest BCUT2D eigenvalue weighted by Crippen LogP contribution is -2.31. The van der Waals surface area contributed by atoms with Crippen molar-refractivity contribution in [2.75, 3.05) is 6.54 Å². The number of aromatic hydroxyl groups is 1. The second-order valence-corrected chi connectivity index (χ2v) is 7.72. The number of fused-ring (bicyclic) bond motifs is 1. The summed E-state index contributed by atoms with van der Waals surface area (Å²) in [5.74, 6) is 1.27. The van der Waals surface area contributed by atoms with Crippen molar-refractivity contribution in [3.05, 3.63) is 70.6 Å². The zero-order valence-corrected chi connectivity index (χ0v) is 16.9. The molecular formula is C23H28N4O. The molecule has 3 heterocycles. The molecule has 0 saturated carbocycles. The van der Waals surface area contributed by atoms with Crippen LogP contribution in [0.5, 0.6) is 5.75 Å². The maximum Gasteiger partial charge on any atom is 0.128 e. The van der Waals surface area contributed by atoms with Crippen LogP contribution < -0.4 is 0 Å². The van der Waals surface area contributed by atoms with Gasteiger partial charge in [-0.2, -0.15) is 0 Å². The van der Waals surface area contributed by atoms with Gasteiger partial charge in [0.2, 0.25) is 0 Å². The lowest BCUT2D eigenvalue weighted by Gasteiger charge is -2.28. The number of aryl methyl sites for hydroxylation is 2. The lowest BCUT2D eigenvalue weighted by atomic mass is 10.1. The van der Waals surface area contributed by atoms with Crippen molar-refractivity contribution in [2.24, 2.45) is 0 Å². The van der Waals surface area contributed by atoms with Crippen LogP contribution in [0.1, 0.15) is 47.4 Å². The summed E-state index contributed by atoms with van der Waals surface area (Å²) in [6.45, 7) is 9.27. The summed E-state index contributed by atoms with van der Waals surface area (Å²) in [5.41, 5.74) is 7.22. The number of hydrogen-bond donors (Lipinski definition) is 1. The van der Waals surface area contributed by atoms with Crippen molar-refractivity contribution in [2.45, 2.75) is 53.1 Å². The molecule has 0 amide bonds. The van der Waals surface area contributed by atoms with Crippen LogP contribution in [0.25, 0.3) is 5.69 Å². The highest BCUT2D eigenvalue weighted by molar-refractivity contribution is 5.44. The van der Waals surface area contributed by atoms with Crippen molar-refractivity contribution in [1.82, 2.24) is 19.4 Å². The Labute approximate surface area is 166 Å². The molecule has 1 aliphatic rings. The maximum absolute atomic E-state index is 9.84. The van der Waals surface area contributed by atoms with E-state index in [1.54, 1.807) is 6.07 Å². The fraction of sp³-hybridized carbons (Fsp3) is 0.391. The Morgan fingerprint density at radius 3 is 2.82 bits per heavy atom. The molecule has 0 radical (unpaired) electrons. The van der Waals surface area contributed by atoms with Gasteiger partial charge < -0.3 is 9.67 Å². The van der Waals surface area contributed by atoms with Crippen molar-refractivity contribution in [3.8, 4) is 11.4 Å². The van der Waals surface area contributed by atoms with Gasteiger partial charge in [0.25, 0.3) is 0 Å². The standard InChI is InChI=1S/C23H28N4O/c1-4-6-23-24-13-19-15-26(10-9-22(19)25-23)14-18-11-16(2)27(17(18)3)20-7-5-8-21(28)12-20/h5,7-8,11-13,28H,4,6,9-10,14-15H2,1-3H3. The first-order valence-corrected chi connectivity index (χ1v) is 10.1. The minimum Gasteiger partial charge on any atom is -0.508 e. The molecule has 5 nitrogen and oxygen atoms in total. The zero-order valence-electron chi connectivity index (χ0n) is 16.9. The highest BCUT2D eigenvalue weighted by atomic mass is 16.3. The van der Waals surface area contributed by atoms with Crippen LogP contribution in [0.4, 0.5) is 0 Å². The third-order valence-corrected chi connectivity index (χ3v) is 5.55. The molecule has 1 aliphatic heterocycles. The summed E-state index contributed by atoms with van der Waals surface area (Å²) in [4.78, 5) is 11.8. The molecule has 0 saturated heterocycles. The molecule has 1 N–H and O–H groups in total. The average Bonchev–Trinajstić information content (AvgIpc) is 2.95. The Hall–Kier alpha value is -2.66. The molecule has 4 rings (SSSR count). The van der Waals surface area contributed by atoms with Crippen LogP contribution in [0.3, 0.4) is 0 Å². The number of benzene rings is 1. The highest BCUT2D eigenvalue weighted by Gasteiger charge is 2.20. The zero-order chi connectivity index (χ0) is 19.7. The van der Waals surface area contributed by atoms with E-state index >= 15 is 0 Å². The van der Waals surface area contributed by atoms with Gasteiger partial charge in [-0.15, -0.1) is 0 Å². The summed E-state index contributed by atoms with van der Waals surface area (Å²) in [6.07, 6.45) is 5.05. The van der Waals surface area contributed by atoms with Gasteiger partial charge in [0, 0.05) is 73.1 Å². The van der Waals surface area contributed by atoms with Crippen LogP contribution in [0.2, 0.25) is 0 Å². The minimum atomic E-state index is 0.293. The average molecular weight is 377 g/mol. The predicted molar refractivity (Wildman–Crippen MR) is 111 cm³/mol. The molecule has 1 aromatic carbocycles. The topological polar surface area (TPSA) is 54.2 Å². The third kappa shape index (κ3) is 3.67. The summed E-state index contributed by atoms with van der Waals surface area (Å²) >= 11 is 0. The Kier molecular flexibility index (Phi) is 5.18. The Balaban J connectivity index is 1.53. The van der Waals surface area contributed by atoms with E-state index in [0.29, 0.717) is 5.75 Å². The number of rotatable bonds is 5. The Morgan fingerprint density at radius 1 is 1.18 bits per heavy atom. The second-order valence-electron chi connectivity index (χ2n) is 7.72. The molecule has 5 heteroatoms. The molecule has 3 aromatic rings. The van der Waals surface area contributed by atoms with Crippen LogP contribution in [-0.2, 0) is 25.9 Å². The molecule has 2 aromatic heterocycles. The molecule has 0 fully saturated rings. The molecule has 0 unspecified atom stereocenters. The molecule has 146 valence electrons. The molecule has 0 aliphatic carbocycles. The lowest BCUT2D eigenvalue weighted by molar-refractivity contribution is 0.242. The van der Waals surface area contributed by atoms with Gasteiger partial charge in [-0.3, -0.25) is 4.90 Å². The SMILES string of the molecule is CCCc1ncc2c(n1)CCN(Cc1cc(C)n(-c3cccc(O)c3)c1C)C2. The van der Waals surface area contributed by atoms with Crippen molar-refractivity contribution >= 4 is 0 Å². The van der Waals surface area contributed by atoms with Gasteiger partial charge in [-0.25, -0.2) is 9.97 Å². The van der Waals surface area contributed by atoms with Crippen molar-refractivity contribution in [1.29, 1.82) is 0 Å². The van der Waals surface area contributed by atoms with Crippen LogP contribution in [0, 0.1) is 13.8 Å². The van der Waals surface area contributed by atoms with E-state index in [-0.39, 0.29) is 0 Å². The first-order chi connectivity index (χ1) is 13.5. The van der Waals surface area contributed by atoms with Gasteiger partial charge in [0.15, 0.2) is 0 Å². The molecular weight excluding hydrogens is 348 g/mol. The smallest absolute Gasteiger partial charge is 0.128 e. The van der Waals surface area contributed by atoms with Gasteiger partial charge >= 0.3 is 0 Å². The summed E-state index contributed by atoms with van der Waals surface area (Å²) in [6, 6.07) is 9.70. The number of nitrogens with zero attached hydrogens (tertiary/aromatic N) is 4. The Morgan fingerprint density at radius 2 is 2.04 bits per heavy atom. The van der Waals surface area contributed by atoms with Gasteiger partial charge in [0.1, 0.15) is 11.6 Å². The largest absolute Gasteiger partial charge is 0.508 e. The summed E-state index contributed by atoms with van der Waals surface area (Å²) in [7, 11) is 0. The van der Waals surface area contributed by atoms with E-state index in [0.717, 1.165) is 50.4 Å². The second kappa shape index (κ2) is 7.76. The third-order valence-electron chi connectivity index (χ3n) is 5.55. The molecule has 28 heavy (non-hydrogen) atoms. The van der Waals surface area contributed by atoms with Crippen LogP contribution in [-0.4, -0.2) is 31.1 Å². The van der Waals surface area contributed by atoms with E-state index in [1.807, 2.05) is 24.4 Å². The first-order valence-electron chi connectivity index (χ1n) is 10.1. The van der Waals surface area contributed by atoms with E-state index in [1.165, 1.54) is 28.2 Å². The van der Waals surface area contributed by atoms with Crippen molar-refractivity contribution < 1.29 is 5.11 Å². The van der Waals surface area contributed by atoms with Crippen LogP contribution in [0.15, 0.2) is 36.5 Å². The normalized spacial score (nSPS) is 14.2. The van der Waals surface area contributed by atoms with E-state index in [9.17, 15) is 5.11 Å². The van der Waals surface area contributed by atoms with E-state index in [4.69, 9.17) is 4.98 Å². The fourth-order valence-electron chi connectivity index (χ4n) is 4.15. The molecule has 0 spiro atoms. The fourth-order valence-corrected chi connectivity index (χ4v) is 4.15. The van der Waals surface area contributed by atoms with Gasteiger partial charge in [-0.05, 0) is 44.0 Å². The molecule has 0 bridgehead atoms. The number of phenolic OH excluding ortho intramolecular Hbond substituents is 1. The number of hydrogen-bond acceptors (Lipinski definition) is 4. The summed E-state index contributed by atoms with van der Waals surface area (Å²) < 4.78 is 2.22. The van der Waals surface area contributed by atoms with Gasteiger partial charge in [-0.1, -0.05) is 13.0 Å². The van der Waals surface area contributed by atoms with E-state index in [2.05, 4.69) is 41.3 Å². The van der Waals surface area contributed by atoms with E-state index < -0.39 is 0 Å². The predicted octanol–water partition coefficient (Wildman–Crippen LogP) is 4.10. The number of phenols is 1. The summed E-state index contributed by atoms with van der Waals surface area (Å²) in [5, 5.41) is 9.84.